The Balaban J connectivity index is 2.29. The third-order valence-electron chi connectivity index (χ3n) is 3.99. The van der Waals surface area contributed by atoms with Crippen molar-refractivity contribution in [2.75, 3.05) is 19.4 Å². The number of ether oxygens (including phenoxy) is 1. The lowest BCUT2D eigenvalue weighted by Gasteiger charge is -2.33. The number of nitrogens with one attached hydrogen (secondary N) is 1. The van der Waals surface area contributed by atoms with Gasteiger partial charge in [-0.05, 0) is 37.0 Å². The van der Waals surface area contributed by atoms with E-state index in [1.54, 1.807) is 23.8 Å². The molecule has 2 unspecified atom stereocenters. The van der Waals surface area contributed by atoms with E-state index in [1.807, 2.05) is 31.2 Å². The number of likely N-dealkylation sites (N-methyl/N-ethyl adjacent to an activating group) is 1. The van der Waals surface area contributed by atoms with E-state index in [0.717, 1.165) is 11.3 Å². The first-order valence-corrected chi connectivity index (χ1v) is 9.37. The molecule has 5 nitrogen and oxygen atoms in total. The molecule has 0 bridgehead atoms. The summed E-state index contributed by atoms with van der Waals surface area (Å²) in [5.41, 5.74) is 1.02. The number of hydrogen-bond donors (Lipinski definition) is 1. The fourth-order valence-electron chi connectivity index (χ4n) is 2.88. The maximum absolute atomic E-state index is 12.6. The molecule has 0 aromatic heterocycles. The number of methoxy groups -OCH3 is 1. The van der Waals surface area contributed by atoms with E-state index in [-0.39, 0.29) is 17.2 Å². The molecular weight excluding hydrogens is 324 g/mol. The Bertz CT molecular complexity index is 574. The van der Waals surface area contributed by atoms with Crippen molar-refractivity contribution in [3.63, 3.8) is 0 Å². The minimum absolute atomic E-state index is 0.0257. The van der Waals surface area contributed by atoms with Crippen LogP contribution in [-0.4, -0.2) is 42.2 Å². The Kier molecular flexibility index (Phi) is 6.54. The largest absolute Gasteiger partial charge is 0.497 e. The van der Waals surface area contributed by atoms with Crippen molar-refractivity contribution in [1.82, 2.24) is 10.2 Å². The van der Waals surface area contributed by atoms with Gasteiger partial charge in [0, 0.05) is 6.54 Å². The average molecular weight is 350 g/mol. The molecule has 1 aromatic carbocycles. The molecule has 2 rings (SSSR count). The number of carbonyl (C=O) groups excluding carboxylic acids is 2. The van der Waals surface area contributed by atoms with E-state index < -0.39 is 6.04 Å². The molecule has 1 saturated heterocycles. The summed E-state index contributed by atoms with van der Waals surface area (Å²) in [5.74, 6) is 1.47. The summed E-state index contributed by atoms with van der Waals surface area (Å²) in [6, 6.07) is 7.28. The predicted molar refractivity (Wildman–Crippen MR) is 97.0 cm³/mol. The van der Waals surface area contributed by atoms with Crippen molar-refractivity contribution in [3.8, 4) is 5.75 Å². The lowest BCUT2D eigenvalue weighted by atomic mass is 10.0. The molecule has 6 heteroatoms. The van der Waals surface area contributed by atoms with Crippen LogP contribution in [-0.2, 0) is 9.59 Å². The summed E-state index contributed by atoms with van der Waals surface area (Å²) in [7, 11) is 1.63. The number of benzene rings is 1. The van der Waals surface area contributed by atoms with Gasteiger partial charge in [-0.25, -0.2) is 0 Å². The van der Waals surface area contributed by atoms with Crippen molar-refractivity contribution in [3.05, 3.63) is 29.8 Å². The highest BCUT2D eigenvalue weighted by Crippen LogP contribution is 2.41. The van der Waals surface area contributed by atoms with Gasteiger partial charge in [-0.3, -0.25) is 9.59 Å². The molecule has 0 radical (unpaired) electrons. The lowest BCUT2D eigenvalue weighted by molar-refractivity contribution is -0.139. The molecule has 1 N–H and O–H groups in total. The fraction of sp³-hybridized carbons (Fsp3) is 0.556. The van der Waals surface area contributed by atoms with Gasteiger partial charge in [-0.2, -0.15) is 0 Å². The van der Waals surface area contributed by atoms with Gasteiger partial charge in [0.15, 0.2) is 0 Å². The molecule has 1 heterocycles. The predicted octanol–water partition coefficient (Wildman–Crippen LogP) is 2.82. The highest BCUT2D eigenvalue weighted by molar-refractivity contribution is 8.00. The van der Waals surface area contributed by atoms with Crippen molar-refractivity contribution in [2.45, 2.75) is 38.6 Å². The Hall–Kier alpha value is -1.69. The Morgan fingerprint density at radius 1 is 1.38 bits per heavy atom. The molecular formula is C18H26N2O3S. The van der Waals surface area contributed by atoms with Crippen LogP contribution in [0.25, 0.3) is 0 Å². The van der Waals surface area contributed by atoms with E-state index in [2.05, 4.69) is 19.2 Å². The highest BCUT2D eigenvalue weighted by Gasteiger charge is 2.40. The molecule has 1 aliphatic heterocycles. The number of rotatable bonds is 7. The van der Waals surface area contributed by atoms with E-state index in [0.29, 0.717) is 24.6 Å². The van der Waals surface area contributed by atoms with Gasteiger partial charge in [0.05, 0.1) is 12.9 Å². The second-order valence-corrected chi connectivity index (χ2v) is 7.35. The fourth-order valence-corrected chi connectivity index (χ4v) is 4.11. The number of hydrogen-bond acceptors (Lipinski definition) is 4. The second-order valence-electron chi connectivity index (χ2n) is 6.28. The number of thioether (sulfide) groups is 1. The second kappa shape index (κ2) is 8.42. The molecule has 2 atom stereocenters. The summed E-state index contributed by atoms with van der Waals surface area (Å²) >= 11 is 1.57. The normalized spacial score (nSPS) is 18.8. The van der Waals surface area contributed by atoms with Crippen LogP contribution in [0.4, 0.5) is 0 Å². The van der Waals surface area contributed by atoms with Crippen LogP contribution in [0.2, 0.25) is 0 Å². The summed E-state index contributed by atoms with van der Waals surface area (Å²) in [4.78, 5) is 26.8. The first-order chi connectivity index (χ1) is 11.5. The summed E-state index contributed by atoms with van der Waals surface area (Å²) in [6.07, 6.45) is 0.658. The van der Waals surface area contributed by atoms with Crippen LogP contribution in [0.3, 0.4) is 0 Å². The van der Waals surface area contributed by atoms with Crippen molar-refractivity contribution < 1.29 is 14.3 Å². The van der Waals surface area contributed by atoms with E-state index >= 15 is 0 Å². The van der Waals surface area contributed by atoms with Crippen LogP contribution < -0.4 is 10.1 Å². The molecule has 0 saturated carbocycles. The number of nitrogens with zero attached hydrogens (tertiary/aromatic N) is 1. The first kappa shape index (κ1) is 18.6. The maximum Gasteiger partial charge on any atom is 0.242 e. The summed E-state index contributed by atoms with van der Waals surface area (Å²) < 4.78 is 5.20. The minimum Gasteiger partial charge on any atom is -0.497 e. The molecule has 2 amide bonds. The van der Waals surface area contributed by atoms with Gasteiger partial charge in [0.1, 0.15) is 17.2 Å². The van der Waals surface area contributed by atoms with E-state index in [9.17, 15) is 9.59 Å². The van der Waals surface area contributed by atoms with Gasteiger partial charge in [-0.15, -0.1) is 11.8 Å². The third kappa shape index (κ3) is 4.23. The molecule has 0 spiro atoms. The van der Waals surface area contributed by atoms with Gasteiger partial charge in [-0.1, -0.05) is 26.0 Å². The average Bonchev–Trinajstić information content (AvgIpc) is 2.94. The Morgan fingerprint density at radius 2 is 2.04 bits per heavy atom. The smallest absolute Gasteiger partial charge is 0.242 e. The quantitative estimate of drug-likeness (QED) is 0.821. The zero-order valence-corrected chi connectivity index (χ0v) is 15.6. The van der Waals surface area contributed by atoms with Crippen LogP contribution in [0, 0.1) is 5.92 Å². The van der Waals surface area contributed by atoms with Gasteiger partial charge >= 0.3 is 0 Å². The molecule has 1 fully saturated rings. The molecule has 24 heavy (non-hydrogen) atoms. The Labute approximate surface area is 148 Å². The third-order valence-corrected chi connectivity index (χ3v) is 5.22. The summed E-state index contributed by atoms with van der Waals surface area (Å²) in [6.45, 7) is 6.60. The van der Waals surface area contributed by atoms with Crippen LogP contribution in [0.5, 0.6) is 5.75 Å². The van der Waals surface area contributed by atoms with Crippen molar-refractivity contribution >= 4 is 23.6 Å². The van der Waals surface area contributed by atoms with Crippen molar-refractivity contribution in [1.29, 1.82) is 0 Å². The summed E-state index contributed by atoms with van der Waals surface area (Å²) in [5, 5.41) is 2.75. The van der Waals surface area contributed by atoms with Gasteiger partial charge in [0.25, 0.3) is 0 Å². The SMILES string of the molecule is CCNC(=O)C(CC(C)C)N1C(=O)CSC1c1ccc(OC)cc1. The van der Waals surface area contributed by atoms with Crippen LogP contribution in [0.15, 0.2) is 24.3 Å². The van der Waals surface area contributed by atoms with Gasteiger partial charge in [0.2, 0.25) is 11.8 Å². The minimum atomic E-state index is -0.431. The number of amides is 2. The molecule has 1 aliphatic rings. The molecule has 0 aliphatic carbocycles. The lowest BCUT2D eigenvalue weighted by Crippen LogP contribution is -2.49. The monoisotopic (exact) mass is 350 g/mol. The van der Waals surface area contributed by atoms with Crippen molar-refractivity contribution in [2.24, 2.45) is 5.92 Å². The zero-order chi connectivity index (χ0) is 17.7. The van der Waals surface area contributed by atoms with E-state index in [4.69, 9.17) is 4.74 Å². The molecule has 1 aromatic rings. The number of carbonyl (C=O) groups is 2. The van der Waals surface area contributed by atoms with Gasteiger partial charge < -0.3 is 15.0 Å². The van der Waals surface area contributed by atoms with Crippen LogP contribution in [0.1, 0.15) is 38.1 Å². The highest BCUT2D eigenvalue weighted by atomic mass is 32.2. The topological polar surface area (TPSA) is 58.6 Å². The standard InChI is InChI=1S/C18H26N2O3S/c1-5-19-17(22)15(10-12(2)3)20-16(21)11-24-18(20)13-6-8-14(23-4)9-7-13/h6-9,12,15,18H,5,10-11H2,1-4H3,(H,19,22). The first-order valence-electron chi connectivity index (χ1n) is 8.32. The molecule has 132 valence electrons. The maximum atomic E-state index is 12.6. The van der Waals surface area contributed by atoms with E-state index in [1.165, 1.54) is 0 Å². The van der Waals surface area contributed by atoms with Crippen LogP contribution >= 0.6 is 11.8 Å². The Morgan fingerprint density at radius 3 is 2.58 bits per heavy atom. The zero-order valence-electron chi connectivity index (χ0n) is 14.7.